The minimum Gasteiger partial charge on any atom is -0.467 e. The van der Waals surface area contributed by atoms with Crippen molar-refractivity contribution in [1.82, 2.24) is 14.7 Å². The number of hydrogen-bond acceptors (Lipinski definition) is 6. The Labute approximate surface area is 169 Å². The number of aromatic nitrogens is 2. The van der Waals surface area contributed by atoms with Crippen LogP contribution in [-0.4, -0.2) is 25.5 Å². The quantitative estimate of drug-likeness (QED) is 0.336. The fourth-order valence-corrected chi connectivity index (χ4v) is 3.59. The topological polar surface area (TPSA) is 94.4 Å². The zero-order chi connectivity index (χ0) is 20.2. The Morgan fingerprint density at radius 1 is 1.17 bits per heavy atom. The van der Waals surface area contributed by atoms with Crippen LogP contribution in [0.25, 0.3) is 5.69 Å². The Bertz CT molecular complexity index is 1080. The minimum atomic E-state index is -0.467. The van der Waals surface area contributed by atoms with Gasteiger partial charge in [0.15, 0.2) is 5.69 Å². The molecule has 0 saturated heterocycles. The SMILES string of the molecule is O=C(c1ccn(-c2cccc([N+](=O)[O-])c2)n1)N(Cc1ccco1)Cc1cccs1. The van der Waals surface area contributed by atoms with Crippen LogP contribution in [0.1, 0.15) is 21.1 Å². The number of thiophene rings is 1. The first-order valence-electron chi connectivity index (χ1n) is 8.75. The van der Waals surface area contributed by atoms with E-state index < -0.39 is 4.92 Å². The highest BCUT2D eigenvalue weighted by molar-refractivity contribution is 7.09. The number of carbonyl (C=O) groups excluding carboxylic acids is 1. The molecule has 0 aliphatic carbocycles. The third-order valence-electron chi connectivity index (χ3n) is 4.25. The number of nitro groups is 1. The molecule has 0 saturated carbocycles. The van der Waals surface area contributed by atoms with E-state index in [1.165, 1.54) is 16.8 Å². The van der Waals surface area contributed by atoms with Crippen LogP contribution in [-0.2, 0) is 13.1 Å². The van der Waals surface area contributed by atoms with E-state index in [0.717, 1.165) is 4.88 Å². The number of hydrogen-bond donors (Lipinski definition) is 0. The van der Waals surface area contributed by atoms with Gasteiger partial charge in [0.05, 0.1) is 30.0 Å². The molecule has 0 unspecified atom stereocenters. The molecule has 4 rings (SSSR count). The Morgan fingerprint density at radius 2 is 2.07 bits per heavy atom. The molecule has 0 aliphatic rings. The van der Waals surface area contributed by atoms with E-state index in [9.17, 15) is 14.9 Å². The lowest BCUT2D eigenvalue weighted by Gasteiger charge is -2.20. The van der Waals surface area contributed by atoms with Crippen LogP contribution >= 0.6 is 11.3 Å². The molecule has 146 valence electrons. The van der Waals surface area contributed by atoms with Crippen molar-refractivity contribution in [2.45, 2.75) is 13.1 Å². The molecule has 0 radical (unpaired) electrons. The standard InChI is InChI=1S/C20H16N4O4S/c25-20(22(13-17-6-2-10-28-17)14-18-7-3-11-29-18)19-8-9-23(21-19)15-4-1-5-16(12-15)24(26)27/h1-12H,13-14H2. The first-order chi connectivity index (χ1) is 14.1. The third kappa shape index (κ3) is 4.25. The van der Waals surface area contributed by atoms with Crippen LogP contribution in [0, 0.1) is 10.1 Å². The molecule has 0 atom stereocenters. The number of rotatable bonds is 7. The highest BCUT2D eigenvalue weighted by Crippen LogP contribution is 2.19. The average molecular weight is 408 g/mol. The summed E-state index contributed by atoms with van der Waals surface area (Å²) < 4.78 is 6.85. The molecule has 4 aromatic rings. The second-order valence-electron chi connectivity index (χ2n) is 6.24. The molecule has 3 aromatic heterocycles. The summed E-state index contributed by atoms with van der Waals surface area (Å²) in [5, 5.41) is 17.3. The molecule has 0 aliphatic heterocycles. The van der Waals surface area contributed by atoms with Gasteiger partial charge in [-0.2, -0.15) is 5.10 Å². The number of carbonyl (C=O) groups is 1. The molecule has 3 heterocycles. The van der Waals surface area contributed by atoms with Crippen molar-refractivity contribution in [3.63, 3.8) is 0 Å². The van der Waals surface area contributed by atoms with Gasteiger partial charge in [-0.25, -0.2) is 4.68 Å². The molecular weight excluding hydrogens is 392 g/mol. The number of nitro benzene ring substituents is 1. The Morgan fingerprint density at radius 3 is 2.79 bits per heavy atom. The number of non-ortho nitro benzene ring substituents is 1. The second kappa shape index (κ2) is 8.11. The number of furan rings is 1. The predicted octanol–water partition coefficient (Wildman–Crippen LogP) is 4.28. The Hall–Kier alpha value is -3.72. The summed E-state index contributed by atoms with van der Waals surface area (Å²) in [5.74, 6) is 0.423. The first-order valence-corrected chi connectivity index (χ1v) is 9.62. The molecular formula is C20H16N4O4S. The van der Waals surface area contributed by atoms with E-state index in [-0.39, 0.29) is 17.3 Å². The third-order valence-corrected chi connectivity index (χ3v) is 5.12. The van der Waals surface area contributed by atoms with Gasteiger partial charge in [0.1, 0.15) is 5.76 Å². The van der Waals surface area contributed by atoms with E-state index in [0.29, 0.717) is 24.5 Å². The molecule has 8 nitrogen and oxygen atoms in total. The highest BCUT2D eigenvalue weighted by atomic mass is 32.1. The van der Waals surface area contributed by atoms with Crippen molar-refractivity contribution in [2.24, 2.45) is 0 Å². The summed E-state index contributed by atoms with van der Waals surface area (Å²) >= 11 is 1.57. The minimum absolute atomic E-state index is 0.0389. The summed E-state index contributed by atoms with van der Waals surface area (Å²) in [6.07, 6.45) is 3.18. The van der Waals surface area contributed by atoms with E-state index in [4.69, 9.17) is 4.42 Å². The number of nitrogens with zero attached hydrogens (tertiary/aromatic N) is 4. The predicted molar refractivity (Wildman–Crippen MR) is 107 cm³/mol. The Kier molecular flexibility index (Phi) is 5.21. The molecule has 1 amide bonds. The van der Waals surface area contributed by atoms with Gasteiger partial charge in [-0.05, 0) is 35.7 Å². The van der Waals surface area contributed by atoms with Crippen molar-refractivity contribution in [1.29, 1.82) is 0 Å². The van der Waals surface area contributed by atoms with Crippen molar-refractivity contribution < 1.29 is 14.1 Å². The molecule has 29 heavy (non-hydrogen) atoms. The maximum absolute atomic E-state index is 13.1. The monoisotopic (exact) mass is 408 g/mol. The fourth-order valence-electron chi connectivity index (χ4n) is 2.87. The van der Waals surface area contributed by atoms with E-state index in [2.05, 4.69) is 5.10 Å². The molecule has 0 bridgehead atoms. The lowest BCUT2D eigenvalue weighted by Crippen LogP contribution is -2.30. The summed E-state index contributed by atoms with van der Waals surface area (Å²) in [7, 11) is 0. The van der Waals surface area contributed by atoms with Gasteiger partial charge in [-0.15, -0.1) is 11.3 Å². The van der Waals surface area contributed by atoms with Crippen molar-refractivity contribution in [3.8, 4) is 5.69 Å². The van der Waals surface area contributed by atoms with Crippen LogP contribution in [0.2, 0.25) is 0 Å². The van der Waals surface area contributed by atoms with Gasteiger partial charge in [0.25, 0.3) is 11.6 Å². The molecule has 0 fully saturated rings. The Balaban J connectivity index is 1.59. The van der Waals surface area contributed by atoms with Crippen LogP contribution in [0.5, 0.6) is 0 Å². The molecule has 0 N–H and O–H groups in total. The first kappa shape index (κ1) is 18.6. The maximum atomic E-state index is 13.1. The summed E-state index contributed by atoms with van der Waals surface area (Å²) in [6.45, 7) is 0.744. The van der Waals surface area contributed by atoms with Crippen LogP contribution < -0.4 is 0 Å². The lowest BCUT2D eigenvalue weighted by molar-refractivity contribution is -0.384. The van der Waals surface area contributed by atoms with E-state index in [1.54, 1.807) is 53.0 Å². The molecule has 9 heteroatoms. The van der Waals surface area contributed by atoms with Gasteiger partial charge < -0.3 is 9.32 Å². The number of amides is 1. The zero-order valence-corrected chi connectivity index (χ0v) is 16.0. The summed E-state index contributed by atoms with van der Waals surface area (Å²) in [5.41, 5.74) is 0.719. The van der Waals surface area contributed by atoms with Crippen LogP contribution in [0.3, 0.4) is 0 Å². The number of benzene rings is 1. The van der Waals surface area contributed by atoms with Gasteiger partial charge >= 0.3 is 0 Å². The second-order valence-corrected chi connectivity index (χ2v) is 7.27. The fraction of sp³-hybridized carbons (Fsp3) is 0.100. The molecule has 0 spiro atoms. The maximum Gasteiger partial charge on any atom is 0.275 e. The van der Waals surface area contributed by atoms with Crippen molar-refractivity contribution in [3.05, 3.63) is 98.9 Å². The summed E-state index contributed by atoms with van der Waals surface area (Å²) in [6, 6.07) is 15.2. The largest absolute Gasteiger partial charge is 0.467 e. The smallest absolute Gasteiger partial charge is 0.275 e. The van der Waals surface area contributed by atoms with Crippen molar-refractivity contribution >= 4 is 22.9 Å². The lowest BCUT2D eigenvalue weighted by atomic mass is 10.3. The van der Waals surface area contributed by atoms with E-state index >= 15 is 0 Å². The van der Waals surface area contributed by atoms with E-state index in [1.807, 2.05) is 23.6 Å². The normalized spacial score (nSPS) is 10.8. The average Bonchev–Trinajstić information content (AvgIpc) is 3.49. The van der Waals surface area contributed by atoms with Crippen LogP contribution in [0.15, 0.2) is 76.9 Å². The van der Waals surface area contributed by atoms with Gasteiger partial charge in [0.2, 0.25) is 0 Å². The van der Waals surface area contributed by atoms with Gasteiger partial charge in [-0.1, -0.05) is 12.1 Å². The van der Waals surface area contributed by atoms with Gasteiger partial charge in [0, 0.05) is 23.2 Å². The van der Waals surface area contributed by atoms with Gasteiger partial charge in [-0.3, -0.25) is 14.9 Å². The zero-order valence-electron chi connectivity index (χ0n) is 15.2. The molecule has 1 aromatic carbocycles. The van der Waals surface area contributed by atoms with Crippen molar-refractivity contribution in [2.75, 3.05) is 0 Å². The summed E-state index contributed by atoms with van der Waals surface area (Å²) in [4.78, 5) is 26.4. The van der Waals surface area contributed by atoms with Crippen LogP contribution in [0.4, 0.5) is 5.69 Å². The highest BCUT2D eigenvalue weighted by Gasteiger charge is 2.21.